The number of aryl methyl sites for hydroxylation is 2. The lowest BCUT2D eigenvalue weighted by molar-refractivity contribution is -0.146. The monoisotopic (exact) mass is 644 g/mol. The van der Waals surface area contributed by atoms with Gasteiger partial charge in [0.2, 0.25) is 0 Å². The maximum absolute atomic E-state index is 12.9. The lowest BCUT2D eigenvalue weighted by Crippen LogP contribution is -2.26. The number of esters is 2. The van der Waals surface area contributed by atoms with Gasteiger partial charge in [-0.2, -0.15) is 0 Å². The second kappa shape index (κ2) is 21.3. The fraction of sp³-hybridized carbons (Fsp3) is 0.512. The van der Waals surface area contributed by atoms with E-state index >= 15 is 0 Å². The van der Waals surface area contributed by atoms with E-state index in [4.69, 9.17) is 18.9 Å². The Kier molecular flexibility index (Phi) is 17.1. The van der Waals surface area contributed by atoms with Crippen molar-refractivity contribution in [2.24, 2.45) is 0 Å². The minimum absolute atomic E-state index is 0.395. The molecule has 3 rings (SSSR count). The summed E-state index contributed by atoms with van der Waals surface area (Å²) in [7, 11) is 0. The molecule has 0 fully saturated rings. The van der Waals surface area contributed by atoms with Crippen molar-refractivity contribution in [2.75, 3.05) is 13.2 Å². The van der Waals surface area contributed by atoms with Crippen LogP contribution in [0.3, 0.4) is 0 Å². The molecule has 0 radical (unpaired) electrons. The molecule has 256 valence electrons. The SMILES string of the molecule is CCCCCCCCCCOC(C)C(=O)Oc1ccc(-c2ccc(OC(=O)c3cc(C)c(OCCCCCCC)c(C)c3)cc2)cc1. The first-order valence-electron chi connectivity index (χ1n) is 17.8. The van der Waals surface area contributed by atoms with Gasteiger partial charge < -0.3 is 18.9 Å². The third-order valence-corrected chi connectivity index (χ3v) is 8.36. The van der Waals surface area contributed by atoms with Crippen LogP contribution in [0.15, 0.2) is 60.7 Å². The minimum atomic E-state index is -0.612. The van der Waals surface area contributed by atoms with Crippen LogP contribution in [0.2, 0.25) is 0 Å². The van der Waals surface area contributed by atoms with Gasteiger partial charge in [-0.05, 0) is 92.3 Å². The van der Waals surface area contributed by atoms with Crippen molar-refractivity contribution in [2.45, 2.75) is 124 Å². The summed E-state index contributed by atoms with van der Waals surface area (Å²) >= 11 is 0. The second-order valence-corrected chi connectivity index (χ2v) is 12.5. The van der Waals surface area contributed by atoms with Crippen LogP contribution in [-0.2, 0) is 9.53 Å². The van der Waals surface area contributed by atoms with Crippen molar-refractivity contribution >= 4 is 11.9 Å². The van der Waals surface area contributed by atoms with Crippen molar-refractivity contribution in [1.82, 2.24) is 0 Å². The molecule has 6 nitrogen and oxygen atoms in total. The van der Waals surface area contributed by atoms with Gasteiger partial charge in [0.15, 0.2) is 6.10 Å². The summed E-state index contributed by atoms with van der Waals surface area (Å²) in [5.74, 6) is 0.985. The molecule has 0 aromatic heterocycles. The normalized spacial score (nSPS) is 11.7. The van der Waals surface area contributed by atoms with Crippen molar-refractivity contribution in [3.8, 4) is 28.4 Å². The zero-order valence-corrected chi connectivity index (χ0v) is 29.4. The Morgan fingerprint density at radius 2 is 1.04 bits per heavy atom. The van der Waals surface area contributed by atoms with Gasteiger partial charge in [-0.25, -0.2) is 9.59 Å². The lowest BCUT2D eigenvalue weighted by Gasteiger charge is -2.14. The van der Waals surface area contributed by atoms with E-state index in [9.17, 15) is 9.59 Å². The quantitative estimate of drug-likeness (QED) is 0.0616. The molecule has 0 aliphatic rings. The van der Waals surface area contributed by atoms with E-state index in [1.54, 1.807) is 31.2 Å². The third kappa shape index (κ3) is 13.6. The molecule has 0 amide bonds. The van der Waals surface area contributed by atoms with Crippen molar-refractivity contribution in [3.05, 3.63) is 77.4 Å². The van der Waals surface area contributed by atoms with Crippen LogP contribution in [0.25, 0.3) is 11.1 Å². The van der Waals surface area contributed by atoms with E-state index in [1.807, 2.05) is 50.2 Å². The Balaban J connectivity index is 1.43. The van der Waals surface area contributed by atoms with Crippen LogP contribution < -0.4 is 14.2 Å². The van der Waals surface area contributed by atoms with Gasteiger partial charge in [-0.15, -0.1) is 0 Å². The molecule has 0 aliphatic carbocycles. The maximum Gasteiger partial charge on any atom is 0.343 e. The second-order valence-electron chi connectivity index (χ2n) is 12.5. The van der Waals surface area contributed by atoms with Gasteiger partial charge in [-0.1, -0.05) is 109 Å². The number of carbonyl (C=O) groups is 2. The fourth-order valence-corrected chi connectivity index (χ4v) is 5.54. The molecular formula is C41H56O6. The number of rotatable bonds is 22. The predicted octanol–water partition coefficient (Wildman–Crippen LogP) is 11.0. The van der Waals surface area contributed by atoms with Gasteiger partial charge in [0.1, 0.15) is 17.2 Å². The molecule has 0 N–H and O–H groups in total. The average Bonchev–Trinajstić information content (AvgIpc) is 3.07. The molecule has 0 spiro atoms. The minimum Gasteiger partial charge on any atom is -0.493 e. The molecule has 3 aromatic rings. The summed E-state index contributed by atoms with van der Waals surface area (Å²) in [6, 6.07) is 18.4. The summed E-state index contributed by atoms with van der Waals surface area (Å²) in [6.45, 7) is 11.4. The fourth-order valence-electron chi connectivity index (χ4n) is 5.54. The van der Waals surface area contributed by atoms with Gasteiger partial charge >= 0.3 is 11.9 Å². The van der Waals surface area contributed by atoms with Crippen LogP contribution >= 0.6 is 0 Å². The summed E-state index contributed by atoms with van der Waals surface area (Å²) in [5.41, 5.74) is 4.26. The van der Waals surface area contributed by atoms with E-state index in [2.05, 4.69) is 13.8 Å². The number of unbranched alkanes of at least 4 members (excludes halogenated alkanes) is 11. The van der Waals surface area contributed by atoms with Crippen LogP contribution in [-0.4, -0.2) is 31.3 Å². The first-order valence-corrected chi connectivity index (χ1v) is 17.8. The van der Waals surface area contributed by atoms with Gasteiger partial charge in [0, 0.05) is 6.61 Å². The molecular weight excluding hydrogens is 588 g/mol. The predicted molar refractivity (Wildman–Crippen MR) is 191 cm³/mol. The number of carbonyl (C=O) groups excluding carboxylic acids is 2. The first-order chi connectivity index (χ1) is 22.8. The number of hydrogen-bond donors (Lipinski definition) is 0. The van der Waals surface area contributed by atoms with Crippen LogP contribution in [0, 0.1) is 13.8 Å². The van der Waals surface area contributed by atoms with Crippen LogP contribution in [0.5, 0.6) is 17.2 Å². The van der Waals surface area contributed by atoms with Crippen molar-refractivity contribution in [1.29, 1.82) is 0 Å². The zero-order valence-electron chi connectivity index (χ0n) is 29.4. The number of ether oxygens (including phenoxy) is 4. The molecule has 1 atom stereocenters. The van der Waals surface area contributed by atoms with Gasteiger partial charge in [-0.3, -0.25) is 0 Å². The first kappa shape index (κ1) is 37.8. The summed E-state index contributed by atoms with van der Waals surface area (Å²) in [6.07, 6.45) is 15.1. The zero-order chi connectivity index (χ0) is 33.9. The Morgan fingerprint density at radius 3 is 1.55 bits per heavy atom. The highest BCUT2D eigenvalue weighted by atomic mass is 16.6. The molecule has 0 heterocycles. The topological polar surface area (TPSA) is 71.1 Å². The Morgan fingerprint density at radius 1 is 0.596 bits per heavy atom. The highest BCUT2D eigenvalue weighted by Crippen LogP contribution is 2.28. The summed E-state index contributed by atoms with van der Waals surface area (Å²) < 4.78 is 23.0. The van der Waals surface area contributed by atoms with E-state index in [0.717, 1.165) is 47.3 Å². The largest absolute Gasteiger partial charge is 0.493 e. The molecule has 0 aliphatic heterocycles. The number of benzene rings is 3. The highest BCUT2D eigenvalue weighted by molar-refractivity contribution is 5.92. The summed E-state index contributed by atoms with van der Waals surface area (Å²) in [4.78, 5) is 25.4. The molecule has 0 saturated heterocycles. The van der Waals surface area contributed by atoms with Crippen molar-refractivity contribution < 1.29 is 28.5 Å². The van der Waals surface area contributed by atoms with E-state index in [1.165, 1.54) is 64.2 Å². The van der Waals surface area contributed by atoms with Gasteiger partial charge in [0.05, 0.1) is 12.2 Å². The van der Waals surface area contributed by atoms with E-state index in [0.29, 0.717) is 30.3 Å². The number of hydrogen-bond acceptors (Lipinski definition) is 6. The Hall–Kier alpha value is -3.64. The third-order valence-electron chi connectivity index (χ3n) is 8.36. The van der Waals surface area contributed by atoms with Crippen LogP contribution in [0.1, 0.15) is 126 Å². The lowest BCUT2D eigenvalue weighted by atomic mass is 10.1. The molecule has 47 heavy (non-hydrogen) atoms. The molecule has 3 aromatic carbocycles. The summed E-state index contributed by atoms with van der Waals surface area (Å²) in [5, 5.41) is 0. The highest BCUT2D eigenvalue weighted by Gasteiger charge is 2.17. The van der Waals surface area contributed by atoms with E-state index < -0.39 is 18.0 Å². The molecule has 1 unspecified atom stereocenters. The maximum atomic E-state index is 12.9. The standard InChI is InChI=1S/C41H56O6/c1-6-8-10-12-13-14-16-17-27-44-33(5)40(42)46-37-23-19-34(20-24-37)35-21-25-38(26-22-35)47-41(43)36-29-31(3)39(32(4)30-36)45-28-18-15-11-9-7-2/h19-26,29-30,33H,6-18,27-28H2,1-5H3. The van der Waals surface area contributed by atoms with Crippen molar-refractivity contribution in [3.63, 3.8) is 0 Å². The molecule has 0 bridgehead atoms. The smallest absolute Gasteiger partial charge is 0.343 e. The van der Waals surface area contributed by atoms with Crippen LogP contribution in [0.4, 0.5) is 0 Å². The molecule has 0 saturated carbocycles. The Labute approximate surface area is 283 Å². The van der Waals surface area contributed by atoms with E-state index in [-0.39, 0.29) is 0 Å². The molecule has 6 heteroatoms. The Bertz CT molecular complexity index is 1320. The average molecular weight is 645 g/mol. The van der Waals surface area contributed by atoms with Gasteiger partial charge in [0.25, 0.3) is 0 Å².